The third-order valence-electron chi connectivity index (χ3n) is 3.72. The van der Waals surface area contributed by atoms with E-state index in [0.29, 0.717) is 17.5 Å². The second kappa shape index (κ2) is 5.54. The minimum Gasteiger partial charge on any atom is -0.388 e. The summed E-state index contributed by atoms with van der Waals surface area (Å²) in [6, 6.07) is 17.0. The summed E-state index contributed by atoms with van der Waals surface area (Å²) in [5.41, 5.74) is 2.81. The summed E-state index contributed by atoms with van der Waals surface area (Å²) in [5, 5.41) is 10.3. The molecule has 0 radical (unpaired) electrons. The van der Waals surface area contributed by atoms with Crippen molar-refractivity contribution >= 4 is 5.52 Å². The Hall–Kier alpha value is -2.39. The molecule has 1 unspecified atom stereocenters. The monoisotopic (exact) mass is 279 g/mol. The van der Waals surface area contributed by atoms with Crippen LogP contribution in [0.5, 0.6) is 0 Å². The number of aliphatic hydroxyl groups is 1. The van der Waals surface area contributed by atoms with Crippen molar-refractivity contribution in [2.45, 2.75) is 19.4 Å². The molecule has 0 aliphatic heterocycles. The molecular formula is C18H17NO2. The van der Waals surface area contributed by atoms with Crippen molar-refractivity contribution in [1.82, 2.24) is 4.40 Å². The molecule has 3 heteroatoms. The maximum atomic E-state index is 12.8. The molecule has 0 aliphatic carbocycles. The summed E-state index contributed by atoms with van der Waals surface area (Å²) in [6.07, 6.45) is 1.69. The van der Waals surface area contributed by atoms with Gasteiger partial charge in [0.1, 0.15) is 0 Å². The van der Waals surface area contributed by atoms with E-state index >= 15 is 0 Å². The molecule has 1 N–H and O–H groups in total. The Morgan fingerprint density at radius 3 is 2.52 bits per heavy atom. The minimum absolute atomic E-state index is 0.0956. The molecule has 0 saturated carbocycles. The molecule has 3 aromatic rings. The summed E-state index contributed by atoms with van der Waals surface area (Å²) in [5.74, 6) is 0. The van der Waals surface area contributed by atoms with Gasteiger partial charge in [0.2, 0.25) is 0 Å². The van der Waals surface area contributed by atoms with Gasteiger partial charge in [0, 0.05) is 11.7 Å². The fourth-order valence-corrected chi connectivity index (χ4v) is 2.61. The molecule has 106 valence electrons. The maximum absolute atomic E-state index is 12.8. The van der Waals surface area contributed by atoms with Crippen molar-refractivity contribution in [1.29, 1.82) is 0 Å². The van der Waals surface area contributed by atoms with Crippen molar-refractivity contribution in [2.24, 2.45) is 0 Å². The number of fused-ring (bicyclic) bond motifs is 1. The summed E-state index contributed by atoms with van der Waals surface area (Å²) >= 11 is 0. The molecule has 2 heterocycles. The summed E-state index contributed by atoms with van der Waals surface area (Å²) in [4.78, 5) is 12.8. The second-order valence-corrected chi connectivity index (χ2v) is 5.07. The topological polar surface area (TPSA) is 41.7 Å². The third kappa shape index (κ3) is 2.36. The second-order valence-electron chi connectivity index (χ2n) is 5.07. The lowest BCUT2D eigenvalue weighted by Gasteiger charge is -2.15. The zero-order chi connectivity index (χ0) is 14.8. The number of hydrogen-bond donors (Lipinski definition) is 1. The summed E-state index contributed by atoms with van der Waals surface area (Å²) in [7, 11) is 0. The molecule has 0 saturated heterocycles. The molecule has 0 bridgehead atoms. The van der Waals surface area contributed by atoms with E-state index in [1.54, 1.807) is 10.6 Å². The van der Waals surface area contributed by atoms with Crippen LogP contribution in [0.1, 0.15) is 25.0 Å². The molecule has 0 amide bonds. The van der Waals surface area contributed by atoms with E-state index in [0.717, 1.165) is 11.1 Å². The zero-order valence-corrected chi connectivity index (χ0v) is 11.9. The first-order valence-electron chi connectivity index (χ1n) is 7.10. The number of nitrogens with zero attached hydrogens (tertiary/aromatic N) is 1. The maximum Gasteiger partial charge on any atom is 0.263 e. The van der Waals surface area contributed by atoms with Crippen LogP contribution in [0.25, 0.3) is 16.6 Å². The Labute approximate surface area is 123 Å². The molecule has 0 fully saturated rings. The number of rotatable bonds is 3. The van der Waals surface area contributed by atoms with Crippen LogP contribution in [0.2, 0.25) is 0 Å². The van der Waals surface area contributed by atoms with E-state index in [2.05, 4.69) is 0 Å². The van der Waals surface area contributed by atoms with Crippen LogP contribution in [0.15, 0.2) is 65.6 Å². The van der Waals surface area contributed by atoms with Gasteiger partial charge in [-0.1, -0.05) is 43.3 Å². The predicted molar refractivity (Wildman–Crippen MR) is 84.4 cm³/mol. The molecular weight excluding hydrogens is 262 g/mol. The molecule has 1 aromatic carbocycles. The lowest BCUT2D eigenvalue weighted by atomic mass is 9.96. The van der Waals surface area contributed by atoms with E-state index < -0.39 is 6.10 Å². The van der Waals surface area contributed by atoms with Crippen LogP contribution >= 0.6 is 0 Å². The lowest BCUT2D eigenvalue weighted by molar-refractivity contribution is 0.174. The number of benzene rings is 1. The smallest absolute Gasteiger partial charge is 0.263 e. The van der Waals surface area contributed by atoms with Crippen LogP contribution < -0.4 is 5.56 Å². The van der Waals surface area contributed by atoms with Crippen LogP contribution in [-0.2, 0) is 0 Å². The quantitative estimate of drug-likeness (QED) is 0.798. The first kappa shape index (κ1) is 13.6. The molecule has 2 aromatic heterocycles. The van der Waals surface area contributed by atoms with Gasteiger partial charge in [0.15, 0.2) is 0 Å². The molecule has 21 heavy (non-hydrogen) atoms. The van der Waals surface area contributed by atoms with Gasteiger partial charge in [0.25, 0.3) is 5.56 Å². The average Bonchev–Trinajstić information content (AvgIpc) is 2.55. The Morgan fingerprint density at radius 1 is 1.10 bits per heavy atom. The largest absolute Gasteiger partial charge is 0.388 e. The van der Waals surface area contributed by atoms with Crippen molar-refractivity contribution in [3.63, 3.8) is 0 Å². The van der Waals surface area contributed by atoms with E-state index in [-0.39, 0.29) is 5.56 Å². The van der Waals surface area contributed by atoms with Crippen LogP contribution in [0.3, 0.4) is 0 Å². The van der Waals surface area contributed by atoms with Gasteiger partial charge in [-0.05, 0) is 35.7 Å². The van der Waals surface area contributed by atoms with Crippen molar-refractivity contribution in [3.8, 4) is 11.1 Å². The SMILES string of the molecule is CCC(O)c1cc2ccccn2c(=O)c1-c1ccccc1. The first-order valence-corrected chi connectivity index (χ1v) is 7.10. The number of aromatic nitrogens is 1. The fourth-order valence-electron chi connectivity index (χ4n) is 2.61. The van der Waals surface area contributed by atoms with Gasteiger partial charge in [0.05, 0.1) is 11.7 Å². The zero-order valence-electron chi connectivity index (χ0n) is 11.9. The Kier molecular flexibility index (Phi) is 3.59. The molecule has 3 nitrogen and oxygen atoms in total. The van der Waals surface area contributed by atoms with Gasteiger partial charge < -0.3 is 5.11 Å². The standard InChI is InChI=1S/C18H17NO2/c1-2-16(20)15-12-14-10-6-7-11-19(14)18(21)17(15)13-8-4-3-5-9-13/h3-12,16,20H,2H2,1H3. The van der Waals surface area contributed by atoms with Crippen LogP contribution in [-0.4, -0.2) is 9.51 Å². The number of hydrogen-bond acceptors (Lipinski definition) is 2. The highest BCUT2D eigenvalue weighted by atomic mass is 16.3. The fraction of sp³-hybridized carbons (Fsp3) is 0.167. The normalized spacial score (nSPS) is 12.5. The minimum atomic E-state index is -0.641. The van der Waals surface area contributed by atoms with Crippen LogP contribution in [0.4, 0.5) is 0 Å². The molecule has 3 rings (SSSR count). The molecule has 0 aliphatic rings. The van der Waals surface area contributed by atoms with Crippen molar-refractivity contribution in [2.75, 3.05) is 0 Å². The highest BCUT2D eigenvalue weighted by molar-refractivity contribution is 5.70. The Balaban J connectivity index is 2.40. The van der Waals surface area contributed by atoms with Crippen molar-refractivity contribution < 1.29 is 5.11 Å². The van der Waals surface area contributed by atoms with Gasteiger partial charge in [-0.2, -0.15) is 0 Å². The molecule has 0 spiro atoms. The number of aliphatic hydroxyl groups excluding tert-OH is 1. The van der Waals surface area contributed by atoms with E-state index in [4.69, 9.17) is 0 Å². The van der Waals surface area contributed by atoms with Crippen molar-refractivity contribution in [3.05, 3.63) is 76.7 Å². The summed E-state index contributed by atoms with van der Waals surface area (Å²) in [6.45, 7) is 1.91. The molecule has 1 atom stereocenters. The van der Waals surface area contributed by atoms with E-state index in [9.17, 15) is 9.90 Å². The lowest BCUT2D eigenvalue weighted by Crippen LogP contribution is -2.19. The predicted octanol–water partition coefficient (Wildman–Crippen LogP) is 3.41. The van der Waals surface area contributed by atoms with Gasteiger partial charge in [-0.3, -0.25) is 9.20 Å². The first-order chi connectivity index (χ1) is 10.2. The Morgan fingerprint density at radius 2 is 1.81 bits per heavy atom. The van der Waals surface area contributed by atoms with Gasteiger partial charge in [-0.25, -0.2) is 0 Å². The highest BCUT2D eigenvalue weighted by Gasteiger charge is 2.17. The highest BCUT2D eigenvalue weighted by Crippen LogP contribution is 2.28. The van der Waals surface area contributed by atoms with Gasteiger partial charge in [-0.15, -0.1) is 0 Å². The van der Waals surface area contributed by atoms with E-state index in [1.807, 2.05) is 61.5 Å². The summed E-state index contributed by atoms with van der Waals surface area (Å²) < 4.78 is 1.62. The van der Waals surface area contributed by atoms with Gasteiger partial charge >= 0.3 is 0 Å². The number of pyridine rings is 2. The third-order valence-corrected chi connectivity index (χ3v) is 3.72. The van der Waals surface area contributed by atoms with Crippen LogP contribution in [0, 0.1) is 0 Å². The Bertz CT molecular complexity index is 821. The average molecular weight is 279 g/mol. The van der Waals surface area contributed by atoms with E-state index in [1.165, 1.54) is 0 Å².